The van der Waals surface area contributed by atoms with E-state index in [1.165, 1.54) is 25.7 Å². The van der Waals surface area contributed by atoms with Crippen molar-refractivity contribution in [3.05, 3.63) is 42.1 Å². The number of benzene rings is 1. The lowest BCUT2D eigenvalue weighted by Gasteiger charge is -2.06. The number of carbonyl (C=O) groups excluding carboxylic acids is 2. The average molecular weight is 302 g/mol. The Kier molecular flexibility index (Phi) is 6.01. The Morgan fingerprint density at radius 3 is 2.55 bits per heavy atom. The largest absolute Gasteiger partial charge is 0.462 e. The first kappa shape index (κ1) is 16.1. The second-order valence-electron chi connectivity index (χ2n) is 5.30. The van der Waals surface area contributed by atoms with Gasteiger partial charge in [0.15, 0.2) is 0 Å². The van der Waals surface area contributed by atoms with E-state index < -0.39 is 0 Å². The monoisotopic (exact) mass is 302 g/mol. The number of hydrogen-bond donors (Lipinski definition) is 2. The fourth-order valence-electron chi connectivity index (χ4n) is 2.48. The van der Waals surface area contributed by atoms with Crippen LogP contribution >= 0.6 is 0 Å². The van der Waals surface area contributed by atoms with Crippen LogP contribution in [-0.2, 0) is 4.74 Å². The highest BCUT2D eigenvalue weighted by Gasteiger charge is 2.11. The van der Waals surface area contributed by atoms with Crippen LogP contribution in [0, 0.1) is 5.92 Å². The molecule has 0 aliphatic heterocycles. The van der Waals surface area contributed by atoms with Gasteiger partial charge < -0.3 is 15.4 Å². The molecule has 22 heavy (non-hydrogen) atoms. The molecule has 0 radical (unpaired) electrons. The third-order valence-electron chi connectivity index (χ3n) is 3.64. The minimum atomic E-state index is -0.363. The van der Waals surface area contributed by atoms with Crippen LogP contribution in [0.15, 0.2) is 36.5 Å². The normalized spacial score (nSPS) is 15.0. The highest BCUT2D eigenvalue weighted by atomic mass is 16.5. The fourth-order valence-corrected chi connectivity index (χ4v) is 2.48. The van der Waals surface area contributed by atoms with E-state index in [1.807, 2.05) is 0 Å². The molecule has 1 aromatic rings. The van der Waals surface area contributed by atoms with Crippen LogP contribution in [0.3, 0.4) is 0 Å². The zero-order chi connectivity index (χ0) is 15.8. The Morgan fingerprint density at radius 2 is 1.91 bits per heavy atom. The number of carbonyl (C=O) groups is 2. The van der Waals surface area contributed by atoms with Gasteiger partial charge in [-0.1, -0.05) is 18.9 Å². The van der Waals surface area contributed by atoms with E-state index in [-0.39, 0.29) is 12.0 Å². The second kappa shape index (κ2) is 8.22. The maximum atomic E-state index is 11.7. The maximum absolute atomic E-state index is 11.7. The number of anilines is 1. The minimum Gasteiger partial charge on any atom is -0.462 e. The first-order valence-electron chi connectivity index (χ1n) is 7.70. The Bertz CT molecular complexity index is 531. The fraction of sp³-hybridized carbons (Fsp3) is 0.412. The molecule has 0 aromatic heterocycles. The van der Waals surface area contributed by atoms with Gasteiger partial charge in [0, 0.05) is 11.9 Å². The quantitative estimate of drug-likeness (QED) is 0.815. The van der Waals surface area contributed by atoms with Crippen LogP contribution < -0.4 is 10.6 Å². The minimum absolute atomic E-state index is 0.293. The SMILES string of the molecule is CCOC(=O)c1ccc(NC(=O)N/C=C/C2CCCC2)cc1. The number of esters is 1. The molecular formula is C17H22N2O3. The smallest absolute Gasteiger partial charge is 0.338 e. The van der Waals surface area contributed by atoms with Crippen LogP contribution in [0.5, 0.6) is 0 Å². The van der Waals surface area contributed by atoms with Crippen molar-refractivity contribution >= 4 is 17.7 Å². The van der Waals surface area contributed by atoms with Crippen molar-refractivity contribution in [3.63, 3.8) is 0 Å². The van der Waals surface area contributed by atoms with Crippen LogP contribution in [0.25, 0.3) is 0 Å². The van der Waals surface area contributed by atoms with Crippen molar-refractivity contribution in [2.75, 3.05) is 11.9 Å². The number of amides is 2. The van der Waals surface area contributed by atoms with Crippen molar-refractivity contribution in [2.45, 2.75) is 32.6 Å². The first-order chi connectivity index (χ1) is 10.7. The molecule has 0 heterocycles. The maximum Gasteiger partial charge on any atom is 0.338 e. The predicted octanol–water partition coefficient (Wildman–Crippen LogP) is 3.69. The number of allylic oxidation sites excluding steroid dienone is 1. The Hall–Kier alpha value is -2.30. The van der Waals surface area contributed by atoms with E-state index in [4.69, 9.17) is 4.74 Å². The highest BCUT2D eigenvalue weighted by Crippen LogP contribution is 2.25. The number of ether oxygens (including phenoxy) is 1. The molecule has 2 N–H and O–H groups in total. The van der Waals surface area contributed by atoms with Gasteiger partial charge >= 0.3 is 12.0 Å². The van der Waals surface area contributed by atoms with Crippen LogP contribution in [-0.4, -0.2) is 18.6 Å². The summed E-state index contributed by atoms with van der Waals surface area (Å²) >= 11 is 0. The van der Waals surface area contributed by atoms with Crippen LogP contribution in [0.4, 0.5) is 10.5 Å². The summed E-state index contributed by atoms with van der Waals surface area (Å²) in [5.41, 5.74) is 1.09. The molecule has 1 saturated carbocycles. The molecule has 2 amide bonds. The number of urea groups is 1. The summed E-state index contributed by atoms with van der Waals surface area (Å²) in [4.78, 5) is 23.3. The molecule has 1 aliphatic rings. The topological polar surface area (TPSA) is 67.4 Å². The molecule has 118 valence electrons. The van der Waals surface area contributed by atoms with Gasteiger partial charge in [0.05, 0.1) is 12.2 Å². The Morgan fingerprint density at radius 1 is 1.23 bits per heavy atom. The Labute approximate surface area is 130 Å². The molecule has 0 atom stereocenters. The van der Waals surface area contributed by atoms with E-state index >= 15 is 0 Å². The van der Waals surface area contributed by atoms with Gasteiger partial charge in [0.25, 0.3) is 0 Å². The number of nitrogens with one attached hydrogen (secondary N) is 2. The lowest BCUT2D eigenvalue weighted by atomic mass is 10.1. The van der Waals surface area contributed by atoms with E-state index in [9.17, 15) is 9.59 Å². The summed E-state index contributed by atoms with van der Waals surface area (Å²) in [5, 5.41) is 5.41. The lowest BCUT2D eigenvalue weighted by molar-refractivity contribution is 0.0526. The van der Waals surface area contributed by atoms with Gasteiger partial charge in [0.2, 0.25) is 0 Å². The van der Waals surface area contributed by atoms with Crippen molar-refractivity contribution < 1.29 is 14.3 Å². The molecule has 0 saturated heterocycles. The first-order valence-corrected chi connectivity index (χ1v) is 7.70. The molecule has 1 aliphatic carbocycles. The molecule has 0 spiro atoms. The van der Waals surface area contributed by atoms with Crippen molar-refractivity contribution in [1.82, 2.24) is 5.32 Å². The summed E-state index contributed by atoms with van der Waals surface area (Å²) in [6.45, 7) is 2.10. The highest BCUT2D eigenvalue weighted by molar-refractivity contribution is 5.92. The van der Waals surface area contributed by atoms with E-state index in [0.29, 0.717) is 23.8 Å². The summed E-state index contributed by atoms with van der Waals surface area (Å²) in [6, 6.07) is 6.31. The zero-order valence-corrected chi connectivity index (χ0v) is 12.8. The second-order valence-corrected chi connectivity index (χ2v) is 5.30. The molecule has 1 fully saturated rings. The van der Waals surface area contributed by atoms with Crippen molar-refractivity contribution in [1.29, 1.82) is 0 Å². The summed E-state index contributed by atoms with van der Waals surface area (Å²) in [6.07, 6.45) is 8.71. The third kappa shape index (κ3) is 4.91. The van der Waals surface area contributed by atoms with Crippen LogP contribution in [0.1, 0.15) is 43.0 Å². The summed E-state index contributed by atoms with van der Waals surface area (Å²) in [7, 11) is 0. The average Bonchev–Trinajstić information content (AvgIpc) is 3.01. The molecule has 1 aromatic carbocycles. The van der Waals surface area contributed by atoms with E-state index in [2.05, 4.69) is 16.7 Å². The molecule has 5 nitrogen and oxygen atoms in total. The molecule has 0 unspecified atom stereocenters. The summed E-state index contributed by atoms with van der Waals surface area (Å²) < 4.78 is 4.90. The van der Waals surface area contributed by atoms with E-state index in [1.54, 1.807) is 37.4 Å². The lowest BCUT2D eigenvalue weighted by Crippen LogP contribution is -2.24. The number of rotatable bonds is 5. The van der Waals surface area contributed by atoms with Crippen molar-refractivity contribution in [2.24, 2.45) is 5.92 Å². The standard InChI is InChI=1S/C17H22N2O3/c1-2-22-16(20)14-7-9-15(10-8-14)19-17(21)18-12-11-13-5-3-4-6-13/h7-13H,2-6H2,1H3,(H2,18,19,21)/b12-11+. The zero-order valence-electron chi connectivity index (χ0n) is 12.8. The predicted molar refractivity (Wildman–Crippen MR) is 85.7 cm³/mol. The Balaban J connectivity index is 1.79. The summed E-state index contributed by atoms with van der Waals surface area (Å²) in [5.74, 6) is 0.224. The molecule has 5 heteroatoms. The van der Waals surface area contributed by atoms with Crippen molar-refractivity contribution in [3.8, 4) is 0 Å². The molecule has 2 rings (SSSR count). The van der Waals surface area contributed by atoms with Gasteiger partial charge in [0.1, 0.15) is 0 Å². The van der Waals surface area contributed by atoms with Gasteiger partial charge in [-0.25, -0.2) is 9.59 Å². The van der Waals surface area contributed by atoms with Gasteiger partial charge in [-0.2, -0.15) is 0 Å². The van der Waals surface area contributed by atoms with Gasteiger partial charge in [-0.05, 0) is 49.9 Å². The van der Waals surface area contributed by atoms with Gasteiger partial charge in [-0.15, -0.1) is 0 Å². The van der Waals surface area contributed by atoms with E-state index in [0.717, 1.165) is 0 Å². The third-order valence-corrected chi connectivity index (χ3v) is 3.64. The van der Waals surface area contributed by atoms with Gasteiger partial charge in [-0.3, -0.25) is 0 Å². The number of hydrogen-bond acceptors (Lipinski definition) is 3. The molecular weight excluding hydrogens is 280 g/mol. The van der Waals surface area contributed by atoms with Crippen LogP contribution in [0.2, 0.25) is 0 Å². The molecule has 0 bridgehead atoms.